The van der Waals surface area contributed by atoms with E-state index in [4.69, 9.17) is 4.74 Å². The number of carbonyl (C=O) groups excluding carboxylic acids is 2. The van der Waals surface area contributed by atoms with Gasteiger partial charge in [-0.15, -0.1) is 22.7 Å². The Morgan fingerprint density at radius 2 is 1.67 bits per heavy atom. The molecule has 0 aromatic carbocycles. The molecule has 0 N–H and O–H groups in total. The third kappa shape index (κ3) is 2.54. The third-order valence-electron chi connectivity index (χ3n) is 2.14. The Hall–Kier alpha value is -1.40. The van der Waals surface area contributed by atoms with E-state index in [-0.39, 0.29) is 18.0 Å². The van der Waals surface area contributed by atoms with Gasteiger partial charge in [0.1, 0.15) is 9.75 Å². The Morgan fingerprint density at radius 3 is 2.11 bits per heavy atom. The van der Waals surface area contributed by atoms with Crippen molar-refractivity contribution in [3.05, 3.63) is 21.9 Å². The van der Waals surface area contributed by atoms with Crippen molar-refractivity contribution < 1.29 is 19.1 Å². The molecule has 2 rings (SSSR count). The van der Waals surface area contributed by atoms with Crippen LogP contribution in [0.5, 0.6) is 0 Å². The van der Waals surface area contributed by atoms with Gasteiger partial charge in [0.2, 0.25) is 0 Å². The molecule has 0 atom stereocenters. The minimum Gasteiger partial charge on any atom is -0.465 e. The quantitative estimate of drug-likeness (QED) is 0.811. The van der Waals surface area contributed by atoms with Crippen molar-refractivity contribution in [2.45, 2.75) is 20.0 Å². The summed E-state index contributed by atoms with van der Waals surface area (Å²) in [5.74, 6) is -0.673. The molecule has 0 radical (unpaired) electrons. The predicted octanol–water partition coefficient (Wildman–Crippen LogP) is 3.31. The predicted molar refractivity (Wildman–Crippen MR) is 71.6 cm³/mol. The maximum absolute atomic E-state index is 11.7. The Labute approximate surface area is 112 Å². The molecule has 0 spiro atoms. The van der Waals surface area contributed by atoms with E-state index in [1.54, 1.807) is 12.1 Å². The Balaban J connectivity index is 2.27. The fourth-order valence-electron chi connectivity index (χ4n) is 1.41. The number of esters is 2. The lowest BCUT2D eigenvalue weighted by Gasteiger charge is -2.05. The van der Waals surface area contributed by atoms with E-state index in [2.05, 4.69) is 4.74 Å². The third-order valence-corrected chi connectivity index (χ3v) is 4.50. The van der Waals surface area contributed by atoms with Gasteiger partial charge in [0.15, 0.2) is 0 Å². The van der Waals surface area contributed by atoms with Gasteiger partial charge in [-0.2, -0.15) is 0 Å². The van der Waals surface area contributed by atoms with Gasteiger partial charge in [0, 0.05) is 5.39 Å². The molecule has 2 heterocycles. The zero-order chi connectivity index (χ0) is 13.3. The summed E-state index contributed by atoms with van der Waals surface area (Å²) in [6, 6.07) is 3.47. The Morgan fingerprint density at radius 1 is 1.11 bits per heavy atom. The van der Waals surface area contributed by atoms with Crippen LogP contribution < -0.4 is 0 Å². The van der Waals surface area contributed by atoms with Crippen LogP contribution in [0.15, 0.2) is 12.1 Å². The molecular weight excluding hydrogens is 272 g/mol. The van der Waals surface area contributed by atoms with Crippen LogP contribution in [0.1, 0.15) is 33.2 Å². The molecule has 2 aromatic rings. The number of fused-ring (bicyclic) bond motifs is 1. The van der Waals surface area contributed by atoms with E-state index < -0.39 is 0 Å². The molecule has 0 aliphatic carbocycles. The second-order valence-electron chi connectivity index (χ2n) is 3.91. The van der Waals surface area contributed by atoms with Crippen LogP contribution in [-0.2, 0) is 9.47 Å². The lowest BCUT2D eigenvalue weighted by Crippen LogP contribution is -2.09. The van der Waals surface area contributed by atoms with E-state index in [1.807, 2.05) is 13.8 Å². The summed E-state index contributed by atoms with van der Waals surface area (Å²) in [6.45, 7) is 3.62. The van der Waals surface area contributed by atoms with Crippen molar-refractivity contribution in [2.75, 3.05) is 7.11 Å². The number of rotatable bonds is 3. The minimum atomic E-state index is -0.352. The normalized spacial score (nSPS) is 10.9. The minimum absolute atomic E-state index is 0.136. The van der Waals surface area contributed by atoms with Crippen molar-refractivity contribution in [1.82, 2.24) is 0 Å². The molecular formula is C12H12O4S2. The second kappa shape index (κ2) is 5.07. The topological polar surface area (TPSA) is 52.6 Å². The maximum Gasteiger partial charge on any atom is 0.348 e. The summed E-state index contributed by atoms with van der Waals surface area (Å²) in [5.41, 5.74) is 0. The largest absolute Gasteiger partial charge is 0.465 e. The molecule has 0 bridgehead atoms. The van der Waals surface area contributed by atoms with Gasteiger partial charge in [-0.3, -0.25) is 0 Å². The fraction of sp³-hybridized carbons (Fsp3) is 0.333. The van der Waals surface area contributed by atoms with E-state index in [9.17, 15) is 9.59 Å². The summed E-state index contributed by atoms with van der Waals surface area (Å²) in [4.78, 5) is 24.1. The van der Waals surface area contributed by atoms with E-state index >= 15 is 0 Å². The molecule has 0 fully saturated rings. The number of thiophene rings is 2. The smallest absolute Gasteiger partial charge is 0.348 e. The molecule has 2 aromatic heterocycles. The number of hydrogen-bond acceptors (Lipinski definition) is 6. The number of ether oxygens (including phenoxy) is 2. The molecule has 0 aliphatic rings. The summed E-state index contributed by atoms with van der Waals surface area (Å²) in [7, 11) is 1.35. The molecule has 4 nitrogen and oxygen atoms in total. The monoisotopic (exact) mass is 284 g/mol. The fourth-order valence-corrected chi connectivity index (χ4v) is 3.66. The van der Waals surface area contributed by atoms with Gasteiger partial charge < -0.3 is 9.47 Å². The lowest BCUT2D eigenvalue weighted by molar-refractivity contribution is 0.0383. The molecule has 96 valence electrons. The van der Waals surface area contributed by atoms with Crippen molar-refractivity contribution in [3.63, 3.8) is 0 Å². The maximum atomic E-state index is 11.7. The van der Waals surface area contributed by atoms with Gasteiger partial charge >= 0.3 is 11.9 Å². The molecule has 6 heteroatoms. The van der Waals surface area contributed by atoms with Crippen molar-refractivity contribution in [3.8, 4) is 0 Å². The number of hydrogen-bond donors (Lipinski definition) is 0. The van der Waals surface area contributed by atoms with Crippen molar-refractivity contribution >= 4 is 44.0 Å². The van der Waals surface area contributed by atoms with E-state index in [0.717, 1.165) is 9.40 Å². The molecule has 0 saturated carbocycles. The van der Waals surface area contributed by atoms with Crippen LogP contribution in [0, 0.1) is 0 Å². The summed E-state index contributed by atoms with van der Waals surface area (Å²) >= 11 is 2.66. The first kappa shape index (κ1) is 13.0. The van der Waals surface area contributed by atoms with Crippen molar-refractivity contribution in [2.24, 2.45) is 0 Å². The van der Waals surface area contributed by atoms with E-state index in [0.29, 0.717) is 9.75 Å². The summed E-state index contributed by atoms with van der Waals surface area (Å²) in [5, 5.41) is 0.876. The van der Waals surface area contributed by atoms with Gasteiger partial charge in [-0.05, 0) is 26.0 Å². The number of carbonyl (C=O) groups is 2. The van der Waals surface area contributed by atoms with Crippen LogP contribution in [0.4, 0.5) is 0 Å². The zero-order valence-electron chi connectivity index (χ0n) is 10.2. The first-order chi connectivity index (χ1) is 8.51. The zero-order valence-corrected chi connectivity index (χ0v) is 11.8. The van der Waals surface area contributed by atoms with Gasteiger partial charge in [-0.25, -0.2) is 9.59 Å². The second-order valence-corrected chi connectivity index (χ2v) is 6.27. The first-order valence-corrected chi connectivity index (χ1v) is 6.97. The van der Waals surface area contributed by atoms with Gasteiger partial charge in [-0.1, -0.05) is 0 Å². The van der Waals surface area contributed by atoms with Crippen LogP contribution in [0.2, 0.25) is 0 Å². The van der Waals surface area contributed by atoms with Crippen LogP contribution in [0.3, 0.4) is 0 Å². The van der Waals surface area contributed by atoms with Crippen LogP contribution >= 0.6 is 22.7 Å². The molecule has 0 aliphatic heterocycles. The van der Waals surface area contributed by atoms with E-state index in [1.165, 1.54) is 29.8 Å². The SMILES string of the molecule is COC(=O)c1cc2cc(C(=O)OC(C)C)sc2s1. The standard InChI is InChI=1S/C12H12O4S2/c1-6(2)16-11(14)9-5-7-4-8(10(13)15-3)17-12(7)18-9/h4-6H,1-3H3. The molecule has 0 saturated heterocycles. The average Bonchev–Trinajstić information content (AvgIpc) is 2.84. The Kier molecular flexibility index (Phi) is 3.68. The summed E-state index contributed by atoms with van der Waals surface area (Å²) in [6.07, 6.45) is -0.136. The average molecular weight is 284 g/mol. The summed E-state index contributed by atoms with van der Waals surface area (Å²) < 4.78 is 10.7. The molecule has 0 unspecified atom stereocenters. The Bertz CT molecular complexity index is 563. The van der Waals surface area contributed by atoms with Crippen LogP contribution in [0.25, 0.3) is 9.40 Å². The molecule has 18 heavy (non-hydrogen) atoms. The molecule has 0 amide bonds. The highest BCUT2D eigenvalue weighted by Gasteiger charge is 2.17. The lowest BCUT2D eigenvalue weighted by atomic mass is 10.3. The highest BCUT2D eigenvalue weighted by atomic mass is 32.2. The van der Waals surface area contributed by atoms with Crippen molar-refractivity contribution in [1.29, 1.82) is 0 Å². The highest BCUT2D eigenvalue weighted by molar-refractivity contribution is 7.39. The highest BCUT2D eigenvalue weighted by Crippen LogP contribution is 2.34. The van der Waals surface area contributed by atoms with Gasteiger partial charge in [0.25, 0.3) is 0 Å². The van der Waals surface area contributed by atoms with Crippen LogP contribution in [-0.4, -0.2) is 25.2 Å². The van der Waals surface area contributed by atoms with Gasteiger partial charge in [0.05, 0.1) is 17.2 Å². The first-order valence-electron chi connectivity index (χ1n) is 5.34. The number of methoxy groups -OCH3 is 1.